The fourth-order valence-electron chi connectivity index (χ4n) is 1.73. The Morgan fingerprint density at radius 1 is 1.28 bits per heavy atom. The van der Waals surface area contributed by atoms with Crippen molar-refractivity contribution in [2.75, 3.05) is 6.54 Å². The molecule has 0 aromatic heterocycles. The van der Waals surface area contributed by atoms with Gasteiger partial charge < -0.3 is 5.73 Å². The molecule has 0 spiro atoms. The van der Waals surface area contributed by atoms with Crippen LogP contribution in [-0.2, 0) is 10.0 Å². The summed E-state index contributed by atoms with van der Waals surface area (Å²) in [6, 6.07) is 6.37. The van der Waals surface area contributed by atoms with Gasteiger partial charge in [0.15, 0.2) is 0 Å². The molecule has 0 unspecified atom stereocenters. The predicted molar refractivity (Wildman–Crippen MR) is 74.1 cm³/mol. The molecule has 3 N–H and O–H groups in total. The van der Waals surface area contributed by atoms with Crippen LogP contribution in [0.25, 0.3) is 0 Å². The second-order valence-corrected chi connectivity index (χ2v) is 6.29. The third-order valence-electron chi connectivity index (χ3n) is 3.22. The molecule has 0 saturated carbocycles. The van der Waals surface area contributed by atoms with Crippen molar-refractivity contribution in [2.24, 2.45) is 5.73 Å². The van der Waals surface area contributed by atoms with Crippen LogP contribution in [-0.4, -0.2) is 20.5 Å². The number of nitrogens with one attached hydrogen (secondary N) is 1. The van der Waals surface area contributed by atoms with Gasteiger partial charge in [0.1, 0.15) is 4.90 Å². The maximum Gasteiger partial charge on any atom is 0.242 e. The van der Waals surface area contributed by atoms with E-state index < -0.39 is 15.6 Å². The topological polar surface area (TPSA) is 72.2 Å². The van der Waals surface area contributed by atoms with E-state index in [4.69, 9.17) is 17.3 Å². The fraction of sp³-hybridized carbons (Fsp3) is 0.500. The van der Waals surface area contributed by atoms with Crippen molar-refractivity contribution in [2.45, 2.75) is 37.1 Å². The lowest BCUT2D eigenvalue weighted by Crippen LogP contribution is -2.52. The third kappa shape index (κ3) is 3.23. The molecule has 0 fully saturated rings. The zero-order valence-corrected chi connectivity index (χ0v) is 12.2. The van der Waals surface area contributed by atoms with Crippen LogP contribution in [0.4, 0.5) is 0 Å². The van der Waals surface area contributed by atoms with Crippen molar-refractivity contribution in [3.8, 4) is 0 Å². The zero-order valence-electron chi connectivity index (χ0n) is 10.6. The number of nitrogens with two attached hydrogens (primary N) is 1. The molecule has 1 aromatic rings. The van der Waals surface area contributed by atoms with Crippen molar-refractivity contribution in [1.82, 2.24) is 4.72 Å². The number of hydrogen-bond donors (Lipinski definition) is 2. The summed E-state index contributed by atoms with van der Waals surface area (Å²) in [7, 11) is -3.65. The summed E-state index contributed by atoms with van der Waals surface area (Å²) in [6.07, 6.45) is 1.26. The Balaban J connectivity index is 3.13. The highest BCUT2D eigenvalue weighted by Crippen LogP contribution is 2.23. The van der Waals surface area contributed by atoms with E-state index in [1.54, 1.807) is 18.2 Å². The minimum atomic E-state index is -3.65. The Hall–Kier alpha value is -0.620. The van der Waals surface area contributed by atoms with E-state index in [1.807, 2.05) is 13.8 Å². The van der Waals surface area contributed by atoms with Crippen LogP contribution in [0, 0.1) is 0 Å². The van der Waals surface area contributed by atoms with Gasteiger partial charge in [0.05, 0.1) is 5.02 Å². The largest absolute Gasteiger partial charge is 0.329 e. The molecule has 6 heteroatoms. The van der Waals surface area contributed by atoms with E-state index in [9.17, 15) is 8.42 Å². The lowest BCUT2D eigenvalue weighted by molar-refractivity contribution is 0.363. The monoisotopic (exact) mass is 290 g/mol. The maximum atomic E-state index is 12.3. The van der Waals surface area contributed by atoms with Gasteiger partial charge in [-0.25, -0.2) is 13.1 Å². The molecule has 0 heterocycles. The number of rotatable bonds is 6. The fourth-order valence-corrected chi connectivity index (χ4v) is 3.80. The SMILES string of the molecule is CCC(CC)(CN)NS(=O)(=O)c1ccccc1Cl. The molecule has 102 valence electrons. The van der Waals surface area contributed by atoms with Crippen LogP contribution in [0.5, 0.6) is 0 Å². The van der Waals surface area contributed by atoms with Crippen molar-refractivity contribution in [1.29, 1.82) is 0 Å². The van der Waals surface area contributed by atoms with Crippen LogP contribution < -0.4 is 10.5 Å². The van der Waals surface area contributed by atoms with Crippen LogP contribution in [0.15, 0.2) is 29.2 Å². The Kier molecular flexibility index (Phi) is 5.16. The summed E-state index contributed by atoms with van der Waals surface area (Å²) in [5, 5.41) is 0.211. The summed E-state index contributed by atoms with van der Waals surface area (Å²) >= 11 is 5.92. The summed E-state index contributed by atoms with van der Waals surface area (Å²) in [5.74, 6) is 0. The van der Waals surface area contributed by atoms with Crippen LogP contribution in [0.2, 0.25) is 5.02 Å². The highest BCUT2D eigenvalue weighted by molar-refractivity contribution is 7.89. The summed E-state index contributed by atoms with van der Waals surface area (Å²) in [5.41, 5.74) is 5.08. The molecule has 18 heavy (non-hydrogen) atoms. The van der Waals surface area contributed by atoms with E-state index >= 15 is 0 Å². The first-order chi connectivity index (χ1) is 8.40. The lowest BCUT2D eigenvalue weighted by Gasteiger charge is -2.31. The molecule has 0 aliphatic rings. The summed E-state index contributed by atoms with van der Waals surface area (Å²) < 4.78 is 27.3. The Bertz CT molecular complexity index is 490. The van der Waals surface area contributed by atoms with Crippen molar-refractivity contribution in [3.63, 3.8) is 0 Å². The zero-order chi connectivity index (χ0) is 13.8. The van der Waals surface area contributed by atoms with Gasteiger partial charge in [0.25, 0.3) is 0 Å². The molecule has 0 saturated heterocycles. The average Bonchev–Trinajstić information content (AvgIpc) is 2.36. The molecular formula is C12H19ClN2O2S. The molecule has 0 aliphatic carbocycles. The smallest absolute Gasteiger partial charge is 0.242 e. The second kappa shape index (κ2) is 6.02. The molecule has 0 aliphatic heterocycles. The summed E-state index contributed by atoms with van der Waals surface area (Å²) in [4.78, 5) is 0.0893. The number of sulfonamides is 1. The first-order valence-corrected chi connectivity index (χ1v) is 7.75. The second-order valence-electron chi connectivity index (χ2n) is 4.23. The molecule has 0 atom stereocenters. The highest BCUT2D eigenvalue weighted by Gasteiger charge is 2.31. The van der Waals surface area contributed by atoms with Crippen molar-refractivity contribution < 1.29 is 8.42 Å². The van der Waals surface area contributed by atoms with Gasteiger partial charge in [-0.3, -0.25) is 0 Å². The van der Waals surface area contributed by atoms with E-state index in [0.29, 0.717) is 12.8 Å². The number of benzene rings is 1. The van der Waals surface area contributed by atoms with E-state index in [0.717, 1.165) is 0 Å². The van der Waals surface area contributed by atoms with Crippen LogP contribution >= 0.6 is 11.6 Å². The predicted octanol–water partition coefficient (Wildman–Crippen LogP) is 2.14. The van der Waals surface area contributed by atoms with Gasteiger partial charge in [-0.15, -0.1) is 0 Å². The third-order valence-corrected chi connectivity index (χ3v) is 5.30. The summed E-state index contributed by atoms with van der Waals surface area (Å²) in [6.45, 7) is 4.07. The standard InChI is InChI=1S/C12H19ClN2O2S/c1-3-12(4-2,9-14)15-18(16,17)11-8-6-5-7-10(11)13/h5-8,15H,3-4,9,14H2,1-2H3. The molecule has 1 rings (SSSR count). The van der Waals surface area contributed by atoms with Gasteiger partial charge in [0.2, 0.25) is 10.0 Å². The molecule has 0 amide bonds. The molecule has 4 nitrogen and oxygen atoms in total. The molecule has 1 aromatic carbocycles. The Morgan fingerprint density at radius 3 is 2.28 bits per heavy atom. The van der Waals surface area contributed by atoms with Gasteiger partial charge in [-0.05, 0) is 25.0 Å². The van der Waals surface area contributed by atoms with Gasteiger partial charge >= 0.3 is 0 Å². The quantitative estimate of drug-likeness (QED) is 0.843. The van der Waals surface area contributed by atoms with E-state index in [2.05, 4.69) is 4.72 Å². The first kappa shape index (κ1) is 15.4. The normalized spacial score (nSPS) is 12.7. The molecule has 0 radical (unpaired) electrons. The van der Waals surface area contributed by atoms with Crippen LogP contribution in [0.1, 0.15) is 26.7 Å². The number of hydrogen-bond acceptors (Lipinski definition) is 3. The van der Waals surface area contributed by atoms with Crippen molar-refractivity contribution in [3.05, 3.63) is 29.3 Å². The average molecular weight is 291 g/mol. The van der Waals surface area contributed by atoms with Gasteiger partial charge in [-0.1, -0.05) is 37.6 Å². The maximum absolute atomic E-state index is 12.3. The minimum absolute atomic E-state index is 0.0893. The Morgan fingerprint density at radius 2 is 1.83 bits per heavy atom. The Labute approximate surface area is 114 Å². The van der Waals surface area contributed by atoms with E-state index in [-0.39, 0.29) is 16.5 Å². The molecular weight excluding hydrogens is 272 g/mol. The first-order valence-electron chi connectivity index (χ1n) is 5.89. The van der Waals surface area contributed by atoms with E-state index in [1.165, 1.54) is 6.07 Å². The highest BCUT2D eigenvalue weighted by atomic mass is 35.5. The minimum Gasteiger partial charge on any atom is -0.329 e. The van der Waals surface area contributed by atoms with Crippen LogP contribution in [0.3, 0.4) is 0 Å². The van der Waals surface area contributed by atoms with Crippen molar-refractivity contribution >= 4 is 21.6 Å². The van der Waals surface area contributed by atoms with Gasteiger partial charge in [0, 0.05) is 12.1 Å². The van der Waals surface area contributed by atoms with Gasteiger partial charge in [-0.2, -0.15) is 0 Å². The number of halogens is 1. The lowest BCUT2D eigenvalue weighted by atomic mass is 9.95. The molecule has 0 bridgehead atoms.